The summed E-state index contributed by atoms with van der Waals surface area (Å²) in [6.07, 6.45) is 0.428. The van der Waals surface area contributed by atoms with Crippen LogP contribution in [-0.4, -0.2) is 42.1 Å². The van der Waals surface area contributed by atoms with E-state index >= 15 is 0 Å². The third-order valence-electron chi connectivity index (χ3n) is 3.48. The van der Waals surface area contributed by atoms with Crippen LogP contribution in [0.25, 0.3) is 0 Å². The van der Waals surface area contributed by atoms with Gasteiger partial charge in [0.1, 0.15) is 11.8 Å². The lowest BCUT2D eigenvalue weighted by Gasteiger charge is -2.16. The van der Waals surface area contributed by atoms with Gasteiger partial charge >= 0.3 is 0 Å². The second kappa shape index (κ2) is 8.42. The van der Waals surface area contributed by atoms with E-state index in [1.54, 1.807) is 24.3 Å². The molecule has 1 atom stereocenters. The molecule has 24 heavy (non-hydrogen) atoms. The van der Waals surface area contributed by atoms with Gasteiger partial charge in [-0.25, -0.2) is 10.3 Å². The van der Waals surface area contributed by atoms with Gasteiger partial charge in [0.15, 0.2) is 0 Å². The van der Waals surface area contributed by atoms with Gasteiger partial charge in [0.25, 0.3) is 5.91 Å². The smallest absolute Gasteiger partial charge is 0.253 e. The molecule has 8 nitrogen and oxygen atoms in total. The summed E-state index contributed by atoms with van der Waals surface area (Å²) in [7, 11) is 0. The fraction of sp³-hybridized carbons (Fsp3) is 0.438. The van der Waals surface area contributed by atoms with Crippen molar-refractivity contribution in [2.75, 3.05) is 18.1 Å². The van der Waals surface area contributed by atoms with Crippen molar-refractivity contribution in [3.8, 4) is 5.75 Å². The number of hydrogen-bond donors (Lipinski definition) is 3. The van der Waals surface area contributed by atoms with Crippen molar-refractivity contribution in [1.82, 2.24) is 10.9 Å². The molecule has 1 aliphatic rings. The first kappa shape index (κ1) is 17.9. The molecule has 0 bridgehead atoms. The Kier molecular flexibility index (Phi) is 6.28. The van der Waals surface area contributed by atoms with Crippen molar-refractivity contribution in [2.45, 2.75) is 32.2 Å². The number of aliphatic hydroxyl groups excluding tert-OH is 1. The summed E-state index contributed by atoms with van der Waals surface area (Å²) >= 11 is 0. The molecule has 0 aliphatic carbocycles. The van der Waals surface area contributed by atoms with E-state index in [0.717, 1.165) is 4.90 Å². The van der Waals surface area contributed by atoms with E-state index in [1.807, 2.05) is 6.92 Å². The maximum atomic E-state index is 12.4. The number of nitrogens with one attached hydrogen (secondary N) is 2. The third-order valence-corrected chi connectivity index (χ3v) is 3.48. The van der Waals surface area contributed by atoms with Gasteiger partial charge in [-0.2, -0.15) is 0 Å². The highest BCUT2D eigenvalue weighted by Crippen LogP contribution is 2.26. The molecule has 1 saturated heterocycles. The number of amides is 3. The number of anilines is 1. The van der Waals surface area contributed by atoms with E-state index in [9.17, 15) is 14.4 Å². The number of nitrogens with zero attached hydrogens (tertiary/aromatic N) is 1. The minimum absolute atomic E-state index is 0.0437. The first-order valence-corrected chi connectivity index (χ1v) is 7.81. The number of hydrogen-bond acceptors (Lipinski definition) is 6. The molecule has 8 heteroatoms. The van der Waals surface area contributed by atoms with E-state index in [2.05, 4.69) is 10.9 Å². The zero-order valence-corrected chi connectivity index (χ0v) is 13.4. The first-order valence-electron chi connectivity index (χ1n) is 7.81. The van der Waals surface area contributed by atoms with Gasteiger partial charge in [-0.15, -0.1) is 0 Å². The molecule has 0 radical (unpaired) electrons. The lowest BCUT2D eigenvalue weighted by Crippen LogP contribution is -2.48. The normalized spacial score (nSPS) is 17.2. The van der Waals surface area contributed by atoms with Crippen LogP contribution in [0.2, 0.25) is 0 Å². The highest BCUT2D eigenvalue weighted by molar-refractivity contribution is 6.22. The summed E-state index contributed by atoms with van der Waals surface area (Å²) in [6.45, 7) is 2.24. The van der Waals surface area contributed by atoms with Gasteiger partial charge in [-0.1, -0.05) is 6.07 Å². The fourth-order valence-electron chi connectivity index (χ4n) is 2.36. The number of carbonyl (C=O) groups is 3. The lowest BCUT2D eigenvalue weighted by molar-refractivity contribution is -0.123. The molecule has 1 heterocycles. The van der Waals surface area contributed by atoms with Gasteiger partial charge in [-0.05, 0) is 25.5 Å². The van der Waals surface area contributed by atoms with Crippen LogP contribution in [0.1, 0.15) is 26.2 Å². The standard InChI is InChI=1S/C16H21N3O5/c1-2-24-12-6-3-5-11(9-12)19-15(22)10-13(16(19)23)17-18-14(21)7-4-8-20/h3,5-6,9,13,17,20H,2,4,7-8,10H2,1H3,(H,18,21)/t13-/m1/s1. The Hall–Kier alpha value is -2.45. The Labute approximate surface area is 139 Å². The molecule has 3 N–H and O–H groups in total. The average molecular weight is 335 g/mol. The SMILES string of the molecule is CCOc1cccc(N2C(=O)C[C@@H](NNC(=O)CCCO)C2=O)c1. The van der Waals surface area contributed by atoms with Crippen LogP contribution < -0.4 is 20.5 Å². The van der Waals surface area contributed by atoms with Crippen LogP contribution in [-0.2, 0) is 14.4 Å². The average Bonchev–Trinajstić information content (AvgIpc) is 2.85. The highest BCUT2D eigenvalue weighted by Gasteiger charge is 2.39. The zero-order chi connectivity index (χ0) is 17.5. The third kappa shape index (κ3) is 4.30. The fourth-order valence-corrected chi connectivity index (χ4v) is 2.36. The summed E-state index contributed by atoms with van der Waals surface area (Å²) in [4.78, 5) is 37.2. The van der Waals surface area contributed by atoms with Crippen LogP contribution in [0.4, 0.5) is 5.69 Å². The molecule has 3 amide bonds. The summed E-state index contributed by atoms with van der Waals surface area (Å²) < 4.78 is 5.38. The molecule has 130 valence electrons. The van der Waals surface area contributed by atoms with E-state index in [1.165, 1.54) is 0 Å². The van der Waals surface area contributed by atoms with Crippen molar-refractivity contribution < 1.29 is 24.2 Å². The van der Waals surface area contributed by atoms with E-state index in [0.29, 0.717) is 24.5 Å². The van der Waals surface area contributed by atoms with Gasteiger partial charge in [-0.3, -0.25) is 19.8 Å². The molecule has 0 aromatic heterocycles. The molecule has 0 unspecified atom stereocenters. The second-order valence-electron chi connectivity index (χ2n) is 5.27. The second-order valence-corrected chi connectivity index (χ2v) is 5.27. The molecule has 1 fully saturated rings. The van der Waals surface area contributed by atoms with Crippen molar-refractivity contribution in [3.05, 3.63) is 24.3 Å². The molecular formula is C16H21N3O5. The number of ether oxygens (including phenoxy) is 1. The Balaban J connectivity index is 2.01. The summed E-state index contributed by atoms with van der Waals surface area (Å²) in [5, 5.41) is 8.68. The number of benzene rings is 1. The Morgan fingerprint density at radius 1 is 1.42 bits per heavy atom. The number of carbonyl (C=O) groups excluding carboxylic acids is 3. The van der Waals surface area contributed by atoms with Gasteiger partial charge in [0, 0.05) is 19.1 Å². The Morgan fingerprint density at radius 2 is 2.21 bits per heavy atom. The molecule has 2 rings (SSSR count). The summed E-state index contributed by atoms with van der Waals surface area (Å²) in [5.74, 6) is -0.558. The highest BCUT2D eigenvalue weighted by atomic mass is 16.5. The topological polar surface area (TPSA) is 108 Å². The molecule has 0 spiro atoms. The summed E-state index contributed by atoms with van der Waals surface area (Å²) in [6, 6.07) is 5.92. The number of aliphatic hydroxyl groups is 1. The van der Waals surface area contributed by atoms with Crippen LogP contribution in [0.15, 0.2) is 24.3 Å². The minimum Gasteiger partial charge on any atom is -0.494 e. The molecule has 1 aromatic rings. The molecular weight excluding hydrogens is 314 g/mol. The molecule has 1 aliphatic heterocycles. The predicted molar refractivity (Wildman–Crippen MR) is 86.1 cm³/mol. The maximum absolute atomic E-state index is 12.4. The number of imide groups is 1. The van der Waals surface area contributed by atoms with Crippen molar-refractivity contribution in [2.24, 2.45) is 0 Å². The Morgan fingerprint density at radius 3 is 2.92 bits per heavy atom. The quantitative estimate of drug-likeness (QED) is 0.460. The van der Waals surface area contributed by atoms with E-state index < -0.39 is 11.9 Å². The lowest BCUT2D eigenvalue weighted by atomic mass is 10.2. The van der Waals surface area contributed by atoms with Crippen LogP contribution >= 0.6 is 0 Å². The first-order chi connectivity index (χ1) is 11.6. The molecule has 0 saturated carbocycles. The van der Waals surface area contributed by atoms with Crippen molar-refractivity contribution in [3.63, 3.8) is 0 Å². The van der Waals surface area contributed by atoms with Crippen molar-refractivity contribution in [1.29, 1.82) is 0 Å². The van der Waals surface area contributed by atoms with Gasteiger partial charge < -0.3 is 9.84 Å². The van der Waals surface area contributed by atoms with Gasteiger partial charge in [0.2, 0.25) is 11.8 Å². The van der Waals surface area contributed by atoms with Crippen LogP contribution in [0.5, 0.6) is 5.75 Å². The zero-order valence-electron chi connectivity index (χ0n) is 13.4. The minimum atomic E-state index is -0.814. The monoisotopic (exact) mass is 335 g/mol. The largest absolute Gasteiger partial charge is 0.494 e. The van der Waals surface area contributed by atoms with E-state index in [4.69, 9.17) is 9.84 Å². The number of rotatable bonds is 8. The predicted octanol–water partition coefficient (Wildman–Crippen LogP) is 0.110. The van der Waals surface area contributed by atoms with Crippen LogP contribution in [0, 0.1) is 0 Å². The Bertz CT molecular complexity index is 619. The number of hydrazine groups is 1. The van der Waals surface area contributed by atoms with Crippen LogP contribution in [0.3, 0.4) is 0 Å². The van der Waals surface area contributed by atoms with Crippen molar-refractivity contribution >= 4 is 23.4 Å². The molecule has 1 aromatic carbocycles. The van der Waals surface area contributed by atoms with E-state index in [-0.39, 0.29) is 31.3 Å². The maximum Gasteiger partial charge on any atom is 0.253 e. The summed E-state index contributed by atoms with van der Waals surface area (Å²) in [5.41, 5.74) is 5.41. The van der Waals surface area contributed by atoms with Gasteiger partial charge in [0.05, 0.1) is 18.7 Å².